The molecule has 112 valence electrons. The molecular weight excluding hydrogens is 397 g/mol. The maximum atomic E-state index is 12.5. The topological polar surface area (TPSA) is 46.2 Å². The van der Waals surface area contributed by atoms with E-state index in [0.717, 1.165) is 11.1 Å². The quantitative estimate of drug-likeness (QED) is 0.760. The van der Waals surface area contributed by atoms with E-state index in [4.69, 9.17) is 23.2 Å². The van der Waals surface area contributed by atoms with Gasteiger partial charge in [-0.05, 0) is 65.2 Å². The zero-order valence-electron chi connectivity index (χ0n) is 11.2. The second-order valence-electron chi connectivity index (χ2n) is 4.62. The molecule has 0 amide bonds. The van der Waals surface area contributed by atoms with Gasteiger partial charge in [-0.25, -0.2) is 8.42 Å². The monoisotopic (exact) mass is 407 g/mol. The van der Waals surface area contributed by atoms with Crippen LogP contribution >= 0.6 is 39.1 Å². The number of halogens is 3. The lowest BCUT2D eigenvalue weighted by molar-refractivity contribution is 0.601. The lowest BCUT2D eigenvalue weighted by Crippen LogP contribution is -2.15. The van der Waals surface area contributed by atoms with Gasteiger partial charge in [-0.15, -0.1) is 0 Å². The van der Waals surface area contributed by atoms with Crippen molar-refractivity contribution in [3.63, 3.8) is 0 Å². The molecule has 0 heterocycles. The fraction of sp³-hybridized carbons (Fsp3) is 0.143. The van der Waals surface area contributed by atoms with Gasteiger partial charge in [0.1, 0.15) is 4.90 Å². The lowest BCUT2D eigenvalue weighted by atomic mass is 10.1. The molecule has 1 N–H and O–H groups in total. The second kappa shape index (κ2) is 6.16. The van der Waals surface area contributed by atoms with E-state index in [9.17, 15) is 8.42 Å². The van der Waals surface area contributed by atoms with Gasteiger partial charge in [0.15, 0.2) is 0 Å². The van der Waals surface area contributed by atoms with Gasteiger partial charge in [-0.2, -0.15) is 0 Å². The highest BCUT2D eigenvalue weighted by Crippen LogP contribution is 2.32. The Balaban J connectivity index is 2.50. The fourth-order valence-corrected chi connectivity index (χ4v) is 4.74. The Morgan fingerprint density at radius 1 is 1.10 bits per heavy atom. The molecule has 21 heavy (non-hydrogen) atoms. The summed E-state index contributed by atoms with van der Waals surface area (Å²) in [4.78, 5) is -0.0523. The molecule has 2 aromatic rings. The Morgan fingerprint density at radius 3 is 2.38 bits per heavy atom. The molecule has 0 spiro atoms. The average Bonchev–Trinajstić information content (AvgIpc) is 2.36. The number of rotatable bonds is 3. The Hall–Kier alpha value is -0.750. The number of sulfonamides is 1. The molecule has 0 atom stereocenters. The van der Waals surface area contributed by atoms with Crippen molar-refractivity contribution in [3.05, 3.63) is 56.0 Å². The van der Waals surface area contributed by atoms with Gasteiger partial charge < -0.3 is 0 Å². The summed E-state index contributed by atoms with van der Waals surface area (Å²) in [6.45, 7) is 3.76. The minimum absolute atomic E-state index is 0.0523. The molecule has 0 unspecified atom stereocenters. The maximum absolute atomic E-state index is 12.5. The van der Waals surface area contributed by atoms with E-state index in [0.29, 0.717) is 15.2 Å². The van der Waals surface area contributed by atoms with Gasteiger partial charge >= 0.3 is 0 Å². The first kappa shape index (κ1) is 16.6. The van der Waals surface area contributed by atoms with Crippen LogP contribution in [-0.2, 0) is 10.0 Å². The molecule has 0 aliphatic carbocycles. The van der Waals surface area contributed by atoms with Crippen LogP contribution in [0.3, 0.4) is 0 Å². The molecule has 0 saturated carbocycles. The predicted molar refractivity (Wildman–Crippen MR) is 90.9 cm³/mol. The minimum atomic E-state index is -3.82. The minimum Gasteiger partial charge on any atom is -0.278 e. The zero-order chi connectivity index (χ0) is 15.8. The first-order chi connectivity index (χ1) is 9.70. The summed E-state index contributed by atoms with van der Waals surface area (Å²) < 4.78 is 28.2. The van der Waals surface area contributed by atoms with Crippen molar-refractivity contribution in [2.45, 2.75) is 18.7 Å². The molecule has 0 radical (unpaired) electrons. The van der Waals surface area contributed by atoms with Gasteiger partial charge in [0.2, 0.25) is 0 Å². The fourth-order valence-electron chi connectivity index (χ4n) is 1.92. The van der Waals surface area contributed by atoms with E-state index < -0.39 is 10.0 Å². The van der Waals surface area contributed by atoms with Gasteiger partial charge in [0.05, 0.1) is 10.7 Å². The molecule has 0 aliphatic heterocycles. The van der Waals surface area contributed by atoms with E-state index in [1.165, 1.54) is 18.2 Å². The maximum Gasteiger partial charge on any atom is 0.263 e. The highest BCUT2D eigenvalue weighted by atomic mass is 79.9. The van der Waals surface area contributed by atoms with Crippen molar-refractivity contribution in [1.29, 1.82) is 0 Å². The Bertz CT molecular complexity index is 784. The van der Waals surface area contributed by atoms with E-state index in [2.05, 4.69) is 20.7 Å². The SMILES string of the molecule is Cc1cc(C)c(NS(=O)(=O)c2cc(Cl)ccc2Cl)c(Br)c1. The molecule has 0 saturated heterocycles. The predicted octanol–water partition coefficient (Wildman–Crippen LogP) is 5.17. The van der Waals surface area contributed by atoms with Gasteiger partial charge in [0.25, 0.3) is 10.0 Å². The van der Waals surface area contributed by atoms with Gasteiger partial charge in [0, 0.05) is 9.50 Å². The molecule has 0 aromatic heterocycles. The summed E-state index contributed by atoms with van der Waals surface area (Å²) in [6.07, 6.45) is 0. The highest BCUT2D eigenvalue weighted by molar-refractivity contribution is 9.10. The van der Waals surface area contributed by atoms with Crippen molar-refractivity contribution in [2.24, 2.45) is 0 Å². The van der Waals surface area contributed by atoms with Gasteiger partial charge in [-0.1, -0.05) is 29.3 Å². The summed E-state index contributed by atoms with van der Waals surface area (Å²) in [6, 6.07) is 8.04. The third-order valence-electron chi connectivity index (χ3n) is 2.85. The Labute approximate surface area is 142 Å². The van der Waals surface area contributed by atoms with Crippen LogP contribution in [0.15, 0.2) is 39.7 Å². The summed E-state index contributed by atoms with van der Waals surface area (Å²) in [5.41, 5.74) is 2.32. The van der Waals surface area contributed by atoms with Crippen molar-refractivity contribution >= 4 is 54.8 Å². The molecular formula is C14H12BrCl2NO2S. The number of nitrogens with one attached hydrogen (secondary N) is 1. The molecule has 0 aliphatic rings. The van der Waals surface area contributed by atoms with Gasteiger partial charge in [-0.3, -0.25) is 4.72 Å². The third-order valence-corrected chi connectivity index (χ3v) is 5.54. The van der Waals surface area contributed by atoms with Crippen LogP contribution in [0.2, 0.25) is 10.0 Å². The van der Waals surface area contributed by atoms with E-state index in [1.54, 1.807) is 0 Å². The molecule has 2 aromatic carbocycles. The number of anilines is 1. The average molecular weight is 409 g/mol. The zero-order valence-corrected chi connectivity index (χ0v) is 15.2. The molecule has 7 heteroatoms. The summed E-state index contributed by atoms with van der Waals surface area (Å²) in [7, 11) is -3.82. The lowest BCUT2D eigenvalue weighted by Gasteiger charge is -2.14. The van der Waals surface area contributed by atoms with E-state index >= 15 is 0 Å². The third kappa shape index (κ3) is 3.72. The Morgan fingerprint density at radius 2 is 1.76 bits per heavy atom. The first-order valence-electron chi connectivity index (χ1n) is 5.95. The second-order valence-corrected chi connectivity index (χ2v) is 7.97. The number of aryl methyl sites for hydroxylation is 2. The smallest absolute Gasteiger partial charge is 0.263 e. The normalized spacial score (nSPS) is 11.5. The van der Waals surface area contributed by atoms with E-state index in [-0.39, 0.29) is 9.92 Å². The molecule has 2 rings (SSSR count). The number of hydrogen-bond donors (Lipinski definition) is 1. The standard InChI is InChI=1S/C14H12BrCl2NO2S/c1-8-5-9(2)14(11(15)6-8)18-21(19,20)13-7-10(16)3-4-12(13)17/h3-7,18H,1-2H3. The van der Waals surface area contributed by atoms with Crippen LogP contribution in [0.5, 0.6) is 0 Å². The largest absolute Gasteiger partial charge is 0.278 e. The van der Waals surface area contributed by atoms with Crippen LogP contribution in [0.4, 0.5) is 5.69 Å². The number of hydrogen-bond acceptors (Lipinski definition) is 2. The molecule has 0 fully saturated rings. The summed E-state index contributed by atoms with van der Waals surface area (Å²) in [5.74, 6) is 0. The number of benzene rings is 2. The van der Waals surface area contributed by atoms with Crippen LogP contribution in [0.1, 0.15) is 11.1 Å². The molecule has 0 bridgehead atoms. The van der Waals surface area contributed by atoms with Crippen LogP contribution < -0.4 is 4.72 Å². The highest BCUT2D eigenvalue weighted by Gasteiger charge is 2.20. The van der Waals surface area contributed by atoms with Crippen molar-refractivity contribution < 1.29 is 8.42 Å². The van der Waals surface area contributed by atoms with Crippen LogP contribution in [0, 0.1) is 13.8 Å². The van der Waals surface area contributed by atoms with Crippen molar-refractivity contribution in [1.82, 2.24) is 0 Å². The van der Waals surface area contributed by atoms with Crippen molar-refractivity contribution in [2.75, 3.05) is 4.72 Å². The first-order valence-corrected chi connectivity index (χ1v) is 8.98. The summed E-state index contributed by atoms with van der Waals surface area (Å²) in [5, 5.41) is 0.423. The van der Waals surface area contributed by atoms with Crippen molar-refractivity contribution in [3.8, 4) is 0 Å². The van der Waals surface area contributed by atoms with Crippen LogP contribution in [0.25, 0.3) is 0 Å². The Kier molecular flexibility index (Phi) is 4.88. The van der Waals surface area contributed by atoms with Crippen LogP contribution in [-0.4, -0.2) is 8.42 Å². The molecule has 3 nitrogen and oxygen atoms in total. The summed E-state index contributed by atoms with van der Waals surface area (Å²) >= 11 is 15.2. The van der Waals surface area contributed by atoms with E-state index in [1.807, 2.05) is 26.0 Å².